The zero-order valence-electron chi connectivity index (χ0n) is 16.9. The number of hydrogen-bond donors (Lipinski definition) is 2. The number of rotatable bonds is 8. The molecule has 1 saturated heterocycles. The van der Waals surface area contributed by atoms with Gasteiger partial charge in [-0.1, -0.05) is 30.3 Å². The number of methoxy groups -OCH3 is 1. The van der Waals surface area contributed by atoms with Crippen LogP contribution in [0.15, 0.2) is 53.7 Å². The first-order valence-electron chi connectivity index (χ1n) is 10.1. The van der Waals surface area contributed by atoms with E-state index in [4.69, 9.17) is 9.73 Å². The Labute approximate surface area is 168 Å². The lowest BCUT2D eigenvalue weighted by molar-refractivity contribution is 0.245. The average Bonchev–Trinajstić information content (AvgIpc) is 3.18. The fraction of sp³-hybridized carbons (Fsp3) is 0.455. The number of likely N-dealkylation sites (tertiary alicyclic amines) is 1. The van der Waals surface area contributed by atoms with Crippen LogP contribution in [0.3, 0.4) is 0 Å². The highest BCUT2D eigenvalue weighted by atomic mass is 16.5. The summed E-state index contributed by atoms with van der Waals surface area (Å²) in [7, 11) is 1.63. The normalized spacial score (nSPS) is 17.5. The smallest absolute Gasteiger partial charge is 0.213 e. The van der Waals surface area contributed by atoms with Crippen LogP contribution in [0.2, 0.25) is 0 Å². The van der Waals surface area contributed by atoms with Gasteiger partial charge in [0.1, 0.15) is 0 Å². The lowest BCUT2D eigenvalue weighted by atomic mass is 10.2. The molecular weight excluding hydrogens is 350 g/mol. The average molecular weight is 382 g/mol. The molecule has 1 atom stereocenters. The predicted molar refractivity (Wildman–Crippen MR) is 113 cm³/mol. The topological polar surface area (TPSA) is 61.8 Å². The maximum absolute atomic E-state index is 5.19. The number of pyridine rings is 1. The van der Waals surface area contributed by atoms with Gasteiger partial charge in [0.2, 0.25) is 5.88 Å². The van der Waals surface area contributed by atoms with Crippen molar-refractivity contribution >= 4 is 5.96 Å². The van der Waals surface area contributed by atoms with Crippen LogP contribution in [0.4, 0.5) is 0 Å². The van der Waals surface area contributed by atoms with E-state index in [0.717, 1.165) is 37.7 Å². The molecule has 0 radical (unpaired) electrons. The second-order valence-electron chi connectivity index (χ2n) is 7.03. The summed E-state index contributed by atoms with van der Waals surface area (Å²) in [5.41, 5.74) is 2.46. The lowest BCUT2D eigenvalue weighted by Crippen LogP contribution is -2.44. The molecule has 1 aromatic heterocycles. The third-order valence-electron chi connectivity index (χ3n) is 5.01. The van der Waals surface area contributed by atoms with E-state index < -0.39 is 0 Å². The van der Waals surface area contributed by atoms with Gasteiger partial charge in [-0.25, -0.2) is 9.98 Å². The minimum absolute atomic E-state index is 0.532. The fourth-order valence-electron chi connectivity index (χ4n) is 3.54. The number of nitrogens with zero attached hydrogens (tertiary/aromatic N) is 3. The van der Waals surface area contributed by atoms with E-state index in [1.54, 1.807) is 13.3 Å². The number of hydrogen-bond acceptors (Lipinski definition) is 4. The van der Waals surface area contributed by atoms with E-state index in [1.807, 2.05) is 12.1 Å². The van der Waals surface area contributed by atoms with Crippen molar-refractivity contribution in [1.29, 1.82) is 0 Å². The van der Waals surface area contributed by atoms with E-state index in [1.165, 1.54) is 18.4 Å². The first-order chi connectivity index (χ1) is 13.8. The summed E-state index contributed by atoms with van der Waals surface area (Å²) in [6, 6.07) is 15.1. The number of benzene rings is 1. The highest BCUT2D eigenvalue weighted by Gasteiger charge is 2.24. The van der Waals surface area contributed by atoms with Crippen LogP contribution in [0.25, 0.3) is 0 Å². The quantitative estimate of drug-likeness (QED) is 0.544. The summed E-state index contributed by atoms with van der Waals surface area (Å²) in [4.78, 5) is 11.4. The van der Waals surface area contributed by atoms with E-state index in [-0.39, 0.29) is 0 Å². The predicted octanol–water partition coefficient (Wildman–Crippen LogP) is 2.81. The Kier molecular flexibility index (Phi) is 7.67. The Morgan fingerprint density at radius 3 is 2.86 bits per heavy atom. The molecule has 6 nitrogen and oxygen atoms in total. The number of ether oxygens (including phenoxy) is 1. The Hall–Kier alpha value is -2.60. The zero-order valence-corrected chi connectivity index (χ0v) is 16.9. The highest BCUT2D eigenvalue weighted by Crippen LogP contribution is 2.19. The molecule has 1 aliphatic heterocycles. The van der Waals surface area contributed by atoms with Crippen molar-refractivity contribution in [3.05, 3.63) is 59.8 Å². The molecule has 1 aliphatic rings. The zero-order chi connectivity index (χ0) is 19.6. The molecule has 0 amide bonds. The minimum Gasteiger partial charge on any atom is -0.481 e. The van der Waals surface area contributed by atoms with Crippen molar-refractivity contribution in [2.45, 2.75) is 38.9 Å². The molecule has 150 valence electrons. The van der Waals surface area contributed by atoms with Gasteiger partial charge < -0.3 is 15.4 Å². The van der Waals surface area contributed by atoms with E-state index in [2.05, 4.69) is 57.8 Å². The van der Waals surface area contributed by atoms with Crippen molar-refractivity contribution in [2.75, 3.05) is 26.7 Å². The summed E-state index contributed by atoms with van der Waals surface area (Å²) in [6.45, 7) is 6.59. The molecule has 1 fully saturated rings. The molecule has 0 aliphatic carbocycles. The first kappa shape index (κ1) is 20.1. The van der Waals surface area contributed by atoms with Crippen molar-refractivity contribution in [2.24, 2.45) is 4.99 Å². The molecule has 2 N–H and O–H groups in total. The van der Waals surface area contributed by atoms with Crippen LogP contribution in [0, 0.1) is 0 Å². The van der Waals surface area contributed by atoms with Gasteiger partial charge in [-0.3, -0.25) is 4.90 Å². The van der Waals surface area contributed by atoms with Crippen LogP contribution in [-0.2, 0) is 13.1 Å². The van der Waals surface area contributed by atoms with Gasteiger partial charge in [-0.2, -0.15) is 0 Å². The largest absolute Gasteiger partial charge is 0.481 e. The van der Waals surface area contributed by atoms with Crippen LogP contribution >= 0.6 is 0 Å². The number of aliphatic imine (C=N–C) groups is 1. The van der Waals surface area contributed by atoms with Gasteiger partial charge >= 0.3 is 0 Å². The standard InChI is InChI=1S/C22H31N5O/c1-3-23-22(25-15-19-11-12-24-21(14-19)28-2)26-16-20-10-7-13-27(20)17-18-8-5-4-6-9-18/h4-6,8-9,11-12,14,20H,3,7,10,13,15-17H2,1-2H3,(H2,23,25,26). The van der Waals surface area contributed by atoms with Crippen molar-refractivity contribution in [1.82, 2.24) is 20.5 Å². The summed E-state index contributed by atoms with van der Waals surface area (Å²) in [5, 5.41) is 6.87. The Bertz CT molecular complexity index is 750. The summed E-state index contributed by atoms with van der Waals surface area (Å²) < 4.78 is 5.19. The monoisotopic (exact) mass is 381 g/mol. The van der Waals surface area contributed by atoms with Crippen molar-refractivity contribution in [3.63, 3.8) is 0 Å². The van der Waals surface area contributed by atoms with Gasteiger partial charge in [0.15, 0.2) is 5.96 Å². The first-order valence-corrected chi connectivity index (χ1v) is 10.1. The van der Waals surface area contributed by atoms with E-state index >= 15 is 0 Å². The fourth-order valence-corrected chi connectivity index (χ4v) is 3.54. The Balaban J connectivity index is 1.55. The third kappa shape index (κ3) is 5.96. The molecular formula is C22H31N5O. The molecule has 2 aromatic rings. The molecule has 0 saturated carbocycles. The van der Waals surface area contributed by atoms with Crippen LogP contribution < -0.4 is 15.4 Å². The summed E-state index contributed by atoms with van der Waals surface area (Å²) >= 11 is 0. The van der Waals surface area contributed by atoms with Crippen LogP contribution in [-0.4, -0.2) is 48.6 Å². The van der Waals surface area contributed by atoms with Gasteiger partial charge in [0, 0.05) is 37.9 Å². The van der Waals surface area contributed by atoms with Gasteiger partial charge in [0.25, 0.3) is 0 Å². The third-order valence-corrected chi connectivity index (χ3v) is 5.01. The van der Waals surface area contributed by atoms with E-state index in [9.17, 15) is 0 Å². The molecule has 2 heterocycles. The Morgan fingerprint density at radius 2 is 2.07 bits per heavy atom. The summed E-state index contributed by atoms with van der Waals surface area (Å²) in [5.74, 6) is 1.47. The van der Waals surface area contributed by atoms with Crippen molar-refractivity contribution in [3.8, 4) is 5.88 Å². The maximum atomic E-state index is 5.19. The second-order valence-corrected chi connectivity index (χ2v) is 7.03. The molecule has 28 heavy (non-hydrogen) atoms. The number of guanidine groups is 1. The van der Waals surface area contributed by atoms with E-state index in [0.29, 0.717) is 18.5 Å². The Morgan fingerprint density at radius 1 is 1.21 bits per heavy atom. The van der Waals surface area contributed by atoms with Crippen LogP contribution in [0.5, 0.6) is 5.88 Å². The highest BCUT2D eigenvalue weighted by molar-refractivity contribution is 5.79. The molecule has 1 unspecified atom stereocenters. The maximum Gasteiger partial charge on any atom is 0.213 e. The lowest BCUT2D eigenvalue weighted by Gasteiger charge is -2.25. The molecule has 6 heteroatoms. The van der Waals surface area contributed by atoms with Gasteiger partial charge in [-0.15, -0.1) is 0 Å². The van der Waals surface area contributed by atoms with Gasteiger partial charge in [-0.05, 0) is 43.5 Å². The van der Waals surface area contributed by atoms with Gasteiger partial charge in [0.05, 0.1) is 13.7 Å². The van der Waals surface area contributed by atoms with Crippen molar-refractivity contribution < 1.29 is 4.74 Å². The molecule has 0 spiro atoms. The minimum atomic E-state index is 0.532. The number of nitrogens with one attached hydrogen (secondary N) is 2. The molecule has 1 aromatic carbocycles. The molecule has 0 bridgehead atoms. The SMILES string of the molecule is CCNC(=NCc1ccnc(OC)c1)NCC1CCCN1Cc1ccccc1. The molecule has 3 rings (SSSR count). The number of aromatic nitrogens is 1. The second kappa shape index (κ2) is 10.7. The summed E-state index contributed by atoms with van der Waals surface area (Å²) in [6.07, 6.45) is 4.23. The van der Waals surface area contributed by atoms with Crippen LogP contribution in [0.1, 0.15) is 30.9 Å².